The summed E-state index contributed by atoms with van der Waals surface area (Å²) in [6.07, 6.45) is 0.488. The van der Waals surface area contributed by atoms with Gasteiger partial charge in [-0.15, -0.1) is 0 Å². The van der Waals surface area contributed by atoms with Crippen LogP contribution >= 0.6 is 23.2 Å². The zero-order chi connectivity index (χ0) is 17.1. The third kappa shape index (κ3) is 3.70. The highest BCUT2D eigenvalue weighted by atomic mass is 35.5. The van der Waals surface area contributed by atoms with Crippen LogP contribution in [-0.4, -0.2) is 29.3 Å². The van der Waals surface area contributed by atoms with E-state index in [0.29, 0.717) is 6.29 Å². The molecule has 0 saturated carbocycles. The molecule has 124 valence electrons. The SMILES string of the molecule is Cn1nc(-c2cc(OCC=O)c(Cl)cc2F)c(Cl)c1OC(F)F. The summed E-state index contributed by atoms with van der Waals surface area (Å²) in [5.74, 6) is -1.19. The van der Waals surface area contributed by atoms with Gasteiger partial charge in [0, 0.05) is 12.6 Å². The summed E-state index contributed by atoms with van der Waals surface area (Å²) in [5.41, 5.74) is -0.269. The molecule has 0 N–H and O–H groups in total. The van der Waals surface area contributed by atoms with Crippen molar-refractivity contribution in [1.82, 2.24) is 9.78 Å². The van der Waals surface area contributed by atoms with E-state index in [4.69, 9.17) is 27.9 Å². The van der Waals surface area contributed by atoms with E-state index < -0.39 is 18.3 Å². The smallest absolute Gasteiger partial charge is 0.388 e. The molecule has 1 heterocycles. The molecule has 0 aliphatic rings. The average molecular weight is 369 g/mol. The molecule has 5 nitrogen and oxygen atoms in total. The number of aldehydes is 1. The van der Waals surface area contributed by atoms with Crippen LogP contribution in [0.15, 0.2) is 12.1 Å². The largest absolute Gasteiger partial charge is 0.485 e. The number of aromatic nitrogens is 2. The molecular formula is C13H9Cl2F3N2O3. The monoisotopic (exact) mass is 368 g/mol. The van der Waals surface area contributed by atoms with Crippen molar-refractivity contribution in [3.63, 3.8) is 0 Å². The van der Waals surface area contributed by atoms with Crippen molar-refractivity contribution in [2.75, 3.05) is 6.61 Å². The molecule has 0 saturated heterocycles. The van der Waals surface area contributed by atoms with Crippen molar-refractivity contribution >= 4 is 29.5 Å². The van der Waals surface area contributed by atoms with E-state index in [1.807, 2.05) is 0 Å². The first-order valence-electron chi connectivity index (χ1n) is 6.08. The Balaban J connectivity index is 2.51. The number of nitrogens with zero attached hydrogens (tertiary/aromatic N) is 2. The highest BCUT2D eigenvalue weighted by Gasteiger charge is 2.23. The van der Waals surface area contributed by atoms with E-state index in [1.165, 1.54) is 13.1 Å². The number of ether oxygens (including phenoxy) is 2. The lowest BCUT2D eigenvalue weighted by molar-refractivity contribution is -0.109. The molecule has 1 aromatic heterocycles. The Morgan fingerprint density at radius 2 is 2.09 bits per heavy atom. The molecular weight excluding hydrogens is 360 g/mol. The minimum Gasteiger partial charge on any atom is -0.485 e. The first kappa shape index (κ1) is 17.4. The van der Waals surface area contributed by atoms with Crippen molar-refractivity contribution in [3.05, 3.63) is 28.0 Å². The number of hydrogen-bond acceptors (Lipinski definition) is 4. The van der Waals surface area contributed by atoms with Gasteiger partial charge in [-0.25, -0.2) is 9.07 Å². The lowest BCUT2D eigenvalue weighted by Gasteiger charge is -2.08. The molecule has 0 radical (unpaired) electrons. The van der Waals surface area contributed by atoms with E-state index in [2.05, 4.69) is 9.84 Å². The van der Waals surface area contributed by atoms with Crippen LogP contribution in [0.3, 0.4) is 0 Å². The van der Waals surface area contributed by atoms with Gasteiger partial charge in [-0.2, -0.15) is 13.9 Å². The molecule has 0 atom stereocenters. The summed E-state index contributed by atoms with van der Waals surface area (Å²) < 4.78 is 49.1. The number of hydrogen-bond donors (Lipinski definition) is 0. The third-order valence-electron chi connectivity index (χ3n) is 2.72. The molecule has 0 unspecified atom stereocenters. The van der Waals surface area contributed by atoms with Gasteiger partial charge in [0.25, 0.3) is 0 Å². The molecule has 0 fully saturated rings. The fraction of sp³-hybridized carbons (Fsp3) is 0.231. The molecule has 1 aromatic carbocycles. The van der Waals surface area contributed by atoms with Gasteiger partial charge in [0.15, 0.2) is 6.29 Å². The summed E-state index contributed by atoms with van der Waals surface area (Å²) in [6.45, 7) is -3.40. The van der Waals surface area contributed by atoms with E-state index >= 15 is 0 Å². The Bertz CT molecular complexity index is 738. The molecule has 0 spiro atoms. The van der Waals surface area contributed by atoms with Crippen molar-refractivity contribution in [2.24, 2.45) is 7.05 Å². The third-order valence-corrected chi connectivity index (χ3v) is 3.36. The second kappa shape index (κ2) is 7.10. The van der Waals surface area contributed by atoms with Crippen LogP contribution < -0.4 is 9.47 Å². The fourth-order valence-electron chi connectivity index (χ4n) is 1.81. The maximum atomic E-state index is 14.1. The average Bonchev–Trinajstić information content (AvgIpc) is 2.74. The van der Waals surface area contributed by atoms with Gasteiger partial charge in [0.2, 0.25) is 5.88 Å². The van der Waals surface area contributed by atoms with Crippen LogP contribution in [0, 0.1) is 5.82 Å². The van der Waals surface area contributed by atoms with Crippen molar-refractivity contribution < 1.29 is 27.4 Å². The summed E-state index contributed by atoms with van der Waals surface area (Å²) in [5, 5.41) is 3.50. The number of halogens is 5. The van der Waals surface area contributed by atoms with Crippen molar-refractivity contribution in [2.45, 2.75) is 6.61 Å². The minimum absolute atomic E-state index is 0.0215. The summed E-state index contributed by atoms with van der Waals surface area (Å²) in [6, 6.07) is 2.11. The normalized spacial score (nSPS) is 10.9. The number of carbonyl (C=O) groups is 1. The number of carbonyl (C=O) groups excluding carboxylic acids is 1. The van der Waals surface area contributed by atoms with Crippen molar-refractivity contribution in [1.29, 1.82) is 0 Å². The van der Waals surface area contributed by atoms with Gasteiger partial charge in [0.1, 0.15) is 28.9 Å². The molecule has 2 rings (SSSR count). The topological polar surface area (TPSA) is 53.4 Å². The Morgan fingerprint density at radius 3 is 2.70 bits per heavy atom. The minimum atomic E-state index is -3.11. The number of alkyl halides is 2. The Hall–Kier alpha value is -1.93. The molecule has 23 heavy (non-hydrogen) atoms. The van der Waals surface area contributed by atoms with Gasteiger partial charge in [-0.1, -0.05) is 23.2 Å². The standard InChI is InChI=1S/C13H9Cl2F3N2O3/c1-20-12(23-13(17)18)10(15)11(19-20)6-4-9(22-3-2-21)7(14)5-8(6)16/h2,4-5,13H,3H2,1H3. The van der Waals surface area contributed by atoms with Gasteiger partial charge in [0.05, 0.1) is 5.02 Å². The van der Waals surface area contributed by atoms with Gasteiger partial charge >= 0.3 is 6.61 Å². The second-order valence-electron chi connectivity index (χ2n) is 4.21. The predicted octanol–water partition coefficient (Wildman–Crippen LogP) is 3.71. The zero-order valence-corrected chi connectivity index (χ0v) is 13.0. The molecule has 0 amide bonds. The Labute approximate surface area is 138 Å². The summed E-state index contributed by atoms with van der Waals surface area (Å²) in [7, 11) is 1.31. The van der Waals surface area contributed by atoms with Gasteiger partial charge in [-0.3, -0.25) is 4.79 Å². The number of aryl methyl sites for hydroxylation is 1. The second-order valence-corrected chi connectivity index (χ2v) is 5.00. The molecule has 0 bridgehead atoms. The Kier molecular flexibility index (Phi) is 5.38. The van der Waals surface area contributed by atoms with Crippen LogP contribution in [0.2, 0.25) is 10.0 Å². The highest BCUT2D eigenvalue weighted by molar-refractivity contribution is 6.34. The van der Waals surface area contributed by atoms with E-state index in [-0.39, 0.29) is 33.7 Å². The van der Waals surface area contributed by atoms with Crippen LogP contribution in [0.4, 0.5) is 13.2 Å². The van der Waals surface area contributed by atoms with Crippen LogP contribution in [0.25, 0.3) is 11.3 Å². The lowest BCUT2D eigenvalue weighted by atomic mass is 10.1. The number of rotatable bonds is 6. The maximum Gasteiger partial charge on any atom is 0.388 e. The van der Waals surface area contributed by atoms with Crippen LogP contribution in [-0.2, 0) is 11.8 Å². The molecule has 10 heteroatoms. The number of benzene rings is 1. The first-order chi connectivity index (χ1) is 10.8. The lowest BCUT2D eigenvalue weighted by Crippen LogP contribution is -2.06. The highest BCUT2D eigenvalue weighted by Crippen LogP contribution is 2.39. The quantitative estimate of drug-likeness (QED) is 0.729. The zero-order valence-electron chi connectivity index (χ0n) is 11.5. The van der Waals surface area contributed by atoms with E-state index in [9.17, 15) is 18.0 Å². The summed E-state index contributed by atoms with van der Waals surface area (Å²) >= 11 is 11.7. The molecule has 0 aliphatic heterocycles. The van der Waals surface area contributed by atoms with E-state index in [1.54, 1.807) is 0 Å². The van der Waals surface area contributed by atoms with Gasteiger partial charge in [-0.05, 0) is 12.1 Å². The molecule has 0 aliphatic carbocycles. The van der Waals surface area contributed by atoms with Gasteiger partial charge < -0.3 is 9.47 Å². The van der Waals surface area contributed by atoms with Crippen molar-refractivity contribution in [3.8, 4) is 22.9 Å². The Morgan fingerprint density at radius 1 is 1.39 bits per heavy atom. The first-order valence-corrected chi connectivity index (χ1v) is 6.84. The van der Waals surface area contributed by atoms with Crippen LogP contribution in [0.1, 0.15) is 0 Å². The van der Waals surface area contributed by atoms with E-state index in [0.717, 1.165) is 10.7 Å². The fourth-order valence-corrected chi connectivity index (χ4v) is 2.32. The summed E-state index contributed by atoms with van der Waals surface area (Å²) in [4.78, 5) is 10.3. The maximum absolute atomic E-state index is 14.1. The predicted molar refractivity (Wildman–Crippen MR) is 76.8 cm³/mol. The van der Waals surface area contributed by atoms with Crippen LogP contribution in [0.5, 0.6) is 11.6 Å². The molecule has 2 aromatic rings.